The van der Waals surface area contributed by atoms with Crippen LogP contribution in [0.15, 0.2) is 40.6 Å². The summed E-state index contributed by atoms with van der Waals surface area (Å²) in [5.74, 6) is 5.26. The first kappa shape index (κ1) is 22.8. The molecule has 0 heterocycles. The third kappa shape index (κ3) is 8.47. The van der Waals surface area contributed by atoms with Crippen LogP contribution < -0.4 is 11.6 Å². The lowest BCUT2D eigenvalue weighted by Gasteiger charge is -2.23. The zero-order valence-corrected chi connectivity index (χ0v) is 14.0. The fourth-order valence-electron chi connectivity index (χ4n) is 1.67. The molecule has 0 fully saturated rings. The summed E-state index contributed by atoms with van der Waals surface area (Å²) in [6.07, 6.45) is -9.34. The lowest BCUT2D eigenvalue weighted by molar-refractivity contribution is -0.0932. The number of hydrogen-bond acceptors (Lipinski definition) is 3. The van der Waals surface area contributed by atoms with Crippen LogP contribution in [0.2, 0.25) is 0 Å². The summed E-state index contributed by atoms with van der Waals surface area (Å²) >= 11 is 0. The Hall–Kier alpha value is -2.17. The number of hydrazine groups is 1. The fraction of sp³-hybridized carbons (Fsp3) is 0.500. The molecule has 0 radical (unpaired) electrons. The van der Waals surface area contributed by atoms with Crippen molar-refractivity contribution in [1.29, 1.82) is 0 Å². The SMILES string of the molecule is C=C(/C=C(\C=C(/C)CN(CC)/C(N)=N/N(C)N)C(F)(F)F)C(F)(F)F. The van der Waals surface area contributed by atoms with Gasteiger partial charge >= 0.3 is 12.4 Å². The molecular weight excluding hydrogens is 352 g/mol. The number of nitrogens with two attached hydrogens (primary N) is 2. The van der Waals surface area contributed by atoms with Crippen molar-refractivity contribution in [3.63, 3.8) is 0 Å². The number of alkyl halides is 6. The molecule has 0 saturated carbocycles. The molecule has 0 unspecified atom stereocenters. The van der Waals surface area contributed by atoms with Gasteiger partial charge in [0.15, 0.2) is 0 Å². The smallest absolute Gasteiger partial charge is 0.368 e. The van der Waals surface area contributed by atoms with Gasteiger partial charge in [0.05, 0.1) is 5.57 Å². The van der Waals surface area contributed by atoms with Gasteiger partial charge in [-0.3, -0.25) is 0 Å². The average molecular weight is 373 g/mol. The second-order valence-electron chi connectivity index (χ2n) is 5.16. The van der Waals surface area contributed by atoms with Crippen LogP contribution in [0, 0.1) is 0 Å². The van der Waals surface area contributed by atoms with E-state index in [1.807, 2.05) is 0 Å². The van der Waals surface area contributed by atoms with Crippen LogP contribution in [-0.2, 0) is 0 Å². The van der Waals surface area contributed by atoms with E-state index < -0.39 is 23.5 Å². The molecular formula is C14H21F6N5. The number of hydrazone groups is 1. The van der Waals surface area contributed by atoms with Gasteiger partial charge in [0.1, 0.15) is 0 Å². The second kappa shape index (κ2) is 8.79. The minimum absolute atomic E-state index is 0.0368. The molecule has 0 aliphatic carbocycles. The molecule has 0 aromatic heterocycles. The number of halogens is 6. The largest absolute Gasteiger partial charge is 0.416 e. The average Bonchev–Trinajstić information content (AvgIpc) is 2.40. The molecule has 0 aliphatic heterocycles. The first-order chi connectivity index (χ1) is 11.2. The highest BCUT2D eigenvalue weighted by molar-refractivity contribution is 5.78. The predicted molar refractivity (Wildman–Crippen MR) is 83.9 cm³/mol. The minimum atomic E-state index is -4.97. The van der Waals surface area contributed by atoms with Crippen molar-refractivity contribution in [2.24, 2.45) is 16.7 Å². The highest BCUT2D eigenvalue weighted by Crippen LogP contribution is 2.32. The Labute approximate surface area is 141 Å². The topological polar surface area (TPSA) is 70.9 Å². The van der Waals surface area contributed by atoms with E-state index >= 15 is 0 Å². The number of likely N-dealkylation sites (N-methyl/N-ethyl adjacent to an activating group) is 1. The molecule has 0 aromatic rings. The number of guanidine groups is 1. The quantitative estimate of drug-likeness (QED) is 0.188. The zero-order chi connectivity index (χ0) is 20.0. The van der Waals surface area contributed by atoms with Crippen LogP contribution in [0.25, 0.3) is 0 Å². The molecule has 11 heteroatoms. The van der Waals surface area contributed by atoms with Crippen molar-refractivity contribution < 1.29 is 26.3 Å². The maximum absolute atomic E-state index is 13.0. The van der Waals surface area contributed by atoms with Crippen LogP contribution in [-0.4, -0.2) is 48.5 Å². The molecule has 0 aromatic carbocycles. The number of hydrogen-bond donors (Lipinski definition) is 2. The third-order valence-electron chi connectivity index (χ3n) is 2.83. The Morgan fingerprint density at radius 1 is 1.12 bits per heavy atom. The van der Waals surface area contributed by atoms with Crippen molar-refractivity contribution in [2.45, 2.75) is 26.2 Å². The Balaban J connectivity index is 5.59. The van der Waals surface area contributed by atoms with E-state index in [1.54, 1.807) is 6.92 Å². The van der Waals surface area contributed by atoms with Gasteiger partial charge in [-0.05, 0) is 26.0 Å². The van der Waals surface area contributed by atoms with Crippen molar-refractivity contribution in [3.8, 4) is 0 Å². The summed E-state index contributed by atoms with van der Waals surface area (Å²) < 4.78 is 76.2. The molecule has 4 N–H and O–H groups in total. The first-order valence-electron chi connectivity index (χ1n) is 6.98. The second-order valence-corrected chi connectivity index (χ2v) is 5.16. The molecule has 0 spiro atoms. The van der Waals surface area contributed by atoms with Crippen molar-refractivity contribution in [1.82, 2.24) is 10.0 Å². The van der Waals surface area contributed by atoms with Gasteiger partial charge in [0.25, 0.3) is 0 Å². The van der Waals surface area contributed by atoms with E-state index in [4.69, 9.17) is 11.6 Å². The Morgan fingerprint density at radius 3 is 2.00 bits per heavy atom. The molecule has 0 atom stereocenters. The highest BCUT2D eigenvalue weighted by atomic mass is 19.4. The zero-order valence-electron chi connectivity index (χ0n) is 14.0. The summed E-state index contributed by atoms with van der Waals surface area (Å²) in [6, 6.07) is 0. The Bertz CT molecular complexity index is 557. The normalized spacial score (nSPS) is 14.6. The molecule has 0 aliphatic rings. The maximum Gasteiger partial charge on any atom is 0.416 e. The lowest BCUT2D eigenvalue weighted by Crippen LogP contribution is -2.40. The Kier molecular flexibility index (Phi) is 8.03. The molecule has 0 amide bonds. The molecule has 0 rings (SSSR count). The summed E-state index contributed by atoms with van der Waals surface area (Å²) in [6.45, 7) is 5.86. The maximum atomic E-state index is 13.0. The fourth-order valence-corrected chi connectivity index (χ4v) is 1.67. The van der Waals surface area contributed by atoms with Gasteiger partial charge in [0, 0.05) is 25.7 Å². The summed E-state index contributed by atoms with van der Waals surface area (Å²) in [4.78, 5) is 1.40. The van der Waals surface area contributed by atoms with Crippen molar-refractivity contribution >= 4 is 5.96 Å². The van der Waals surface area contributed by atoms with Gasteiger partial charge in [-0.25, -0.2) is 11.0 Å². The van der Waals surface area contributed by atoms with E-state index in [1.165, 1.54) is 18.9 Å². The van der Waals surface area contributed by atoms with Gasteiger partial charge in [-0.15, -0.1) is 5.10 Å². The molecule has 0 saturated heterocycles. The van der Waals surface area contributed by atoms with Crippen LogP contribution in [0.4, 0.5) is 26.3 Å². The van der Waals surface area contributed by atoms with Crippen molar-refractivity contribution in [2.75, 3.05) is 20.1 Å². The molecule has 25 heavy (non-hydrogen) atoms. The van der Waals surface area contributed by atoms with Gasteiger partial charge < -0.3 is 10.6 Å². The van der Waals surface area contributed by atoms with E-state index in [9.17, 15) is 26.3 Å². The molecule has 144 valence electrons. The summed E-state index contributed by atoms with van der Waals surface area (Å²) in [7, 11) is 1.40. The van der Waals surface area contributed by atoms with E-state index in [0.29, 0.717) is 12.6 Å². The van der Waals surface area contributed by atoms with Crippen molar-refractivity contribution in [3.05, 3.63) is 35.5 Å². The van der Waals surface area contributed by atoms with Crippen LogP contribution in [0.1, 0.15) is 13.8 Å². The van der Waals surface area contributed by atoms with Gasteiger partial charge in [-0.1, -0.05) is 12.2 Å². The molecule has 5 nitrogen and oxygen atoms in total. The van der Waals surface area contributed by atoms with Gasteiger partial charge in [0.2, 0.25) is 5.96 Å². The van der Waals surface area contributed by atoms with Crippen LogP contribution in [0.5, 0.6) is 0 Å². The Morgan fingerprint density at radius 2 is 1.64 bits per heavy atom. The van der Waals surface area contributed by atoms with E-state index in [0.717, 1.165) is 5.12 Å². The highest BCUT2D eigenvalue weighted by Gasteiger charge is 2.36. The summed E-state index contributed by atoms with van der Waals surface area (Å²) in [5, 5.41) is 4.64. The number of nitrogens with zero attached hydrogens (tertiary/aromatic N) is 3. The van der Waals surface area contributed by atoms with E-state index in [2.05, 4.69) is 11.7 Å². The van der Waals surface area contributed by atoms with E-state index in [-0.39, 0.29) is 24.2 Å². The number of rotatable bonds is 6. The monoisotopic (exact) mass is 373 g/mol. The summed E-state index contributed by atoms with van der Waals surface area (Å²) in [5.41, 5.74) is 2.72. The molecule has 0 bridgehead atoms. The van der Waals surface area contributed by atoms with Gasteiger partial charge in [-0.2, -0.15) is 26.3 Å². The third-order valence-corrected chi connectivity index (χ3v) is 2.83. The minimum Gasteiger partial charge on any atom is -0.368 e. The first-order valence-corrected chi connectivity index (χ1v) is 6.98. The predicted octanol–water partition coefficient (Wildman–Crippen LogP) is 2.90. The number of allylic oxidation sites excluding steroid dienone is 4. The standard InChI is InChI=1S/C14H21F6N5/c1-5-25(12(21)23-24(4)22)8-9(2)6-11(14(18,19)20)7-10(3)13(15,16)17/h6-7H,3,5,8,22H2,1-2,4H3,(H2,21,23)/b9-6+,11-7+. The van der Waals surface area contributed by atoms with Crippen LogP contribution >= 0.6 is 0 Å². The van der Waals surface area contributed by atoms with Crippen LogP contribution in [0.3, 0.4) is 0 Å². The lowest BCUT2D eigenvalue weighted by atomic mass is 10.1.